The molecule has 0 aliphatic carbocycles. The van der Waals surface area contributed by atoms with Crippen molar-refractivity contribution < 1.29 is 8.42 Å². The molecule has 1 unspecified atom stereocenters. The summed E-state index contributed by atoms with van der Waals surface area (Å²) in [6, 6.07) is 0. The second-order valence-corrected chi connectivity index (χ2v) is 6.47. The van der Waals surface area contributed by atoms with Crippen molar-refractivity contribution in [2.24, 2.45) is 0 Å². The third-order valence-electron chi connectivity index (χ3n) is 2.09. The maximum absolute atomic E-state index is 11.2. The zero-order valence-electron chi connectivity index (χ0n) is 7.16. The third-order valence-corrected chi connectivity index (χ3v) is 4.30. The van der Waals surface area contributed by atoms with E-state index in [1.54, 1.807) is 4.31 Å². The summed E-state index contributed by atoms with van der Waals surface area (Å²) in [6.07, 6.45) is 4.24. The van der Waals surface area contributed by atoms with Crippen molar-refractivity contribution >= 4 is 26.0 Å². The second-order valence-electron chi connectivity index (χ2n) is 3.19. The first kappa shape index (κ1) is 10.5. The van der Waals surface area contributed by atoms with Crippen LogP contribution in [0.2, 0.25) is 0 Å². The van der Waals surface area contributed by atoms with Gasteiger partial charge < -0.3 is 0 Å². The molecular formula is C7H14BrNO2S. The molecule has 1 heterocycles. The number of hydrogen-bond acceptors (Lipinski definition) is 2. The Morgan fingerprint density at radius 2 is 2.00 bits per heavy atom. The van der Waals surface area contributed by atoms with E-state index in [1.165, 1.54) is 6.26 Å². The lowest BCUT2D eigenvalue weighted by Crippen LogP contribution is -2.30. The van der Waals surface area contributed by atoms with Crippen LogP contribution < -0.4 is 0 Å². The van der Waals surface area contributed by atoms with E-state index in [1.807, 2.05) is 0 Å². The lowest BCUT2D eigenvalue weighted by atomic mass is 10.2. The minimum absolute atomic E-state index is 0.490. The average molecular weight is 256 g/mol. The molecule has 0 saturated carbocycles. The van der Waals surface area contributed by atoms with Crippen molar-refractivity contribution in [2.45, 2.75) is 24.1 Å². The van der Waals surface area contributed by atoms with Gasteiger partial charge in [0.25, 0.3) is 0 Å². The topological polar surface area (TPSA) is 37.4 Å². The molecule has 0 radical (unpaired) electrons. The molecular weight excluding hydrogens is 242 g/mol. The smallest absolute Gasteiger partial charge is 0.211 e. The van der Waals surface area contributed by atoms with E-state index in [0.717, 1.165) is 19.3 Å². The van der Waals surface area contributed by atoms with E-state index < -0.39 is 10.0 Å². The van der Waals surface area contributed by atoms with Crippen LogP contribution >= 0.6 is 15.9 Å². The van der Waals surface area contributed by atoms with Crippen molar-refractivity contribution in [1.29, 1.82) is 0 Å². The van der Waals surface area contributed by atoms with Gasteiger partial charge in [-0.1, -0.05) is 15.9 Å². The molecule has 1 aliphatic heterocycles. The first-order valence-electron chi connectivity index (χ1n) is 4.09. The van der Waals surface area contributed by atoms with Crippen LogP contribution in [0.5, 0.6) is 0 Å². The zero-order chi connectivity index (χ0) is 9.19. The van der Waals surface area contributed by atoms with Gasteiger partial charge in [-0.05, 0) is 19.3 Å². The van der Waals surface area contributed by atoms with Gasteiger partial charge in [-0.15, -0.1) is 0 Å². The maximum atomic E-state index is 11.2. The van der Waals surface area contributed by atoms with E-state index in [2.05, 4.69) is 15.9 Å². The van der Waals surface area contributed by atoms with Crippen molar-refractivity contribution in [1.82, 2.24) is 4.31 Å². The molecule has 1 atom stereocenters. The van der Waals surface area contributed by atoms with E-state index >= 15 is 0 Å². The Morgan fingerprint density at radius 3 is 2.58 bits per heavy atom. The molecule has 3 nitrogen and oxygen atoms in total. The minimum atomic E-state index is -2.96. The molecule has 0 aromatic rings. The number of hydrogen-bond donors (Lipinski definition) is 0. The zero-order valence-corrected chi connectivity index (χ0v) is 9.57. The summed E-state index contributed by atoms with van der Waals surface area (Å²) >= 11 is 3.51. The highest BCUT2D eigenvalue weighted by Gasteiger charge is 2.20. The van der Waals surface area contributed by atoms with E-state index in [0.29, 0.717) is 17.9 Å². The summed E-state index contributed by atoms with van der Waals surface area (Å²) in [5.74, 6) is 0. The van der Waals surface area contributed by atoms with Gasteiger partial charge in [0.15, 0.2) is 0 Å². The maximum Gasteiger partial charge on any atom is 0.211 e. The number of alkyl halides is 1. The highest BCUT2D eigenvalue weighted by atomic mass is 79.9. The Kier molecular flexibility index (Phi) is 3.55. The van der Waals surface area contributed by atoms with Gasteiger partial charge in [-0.3, -0.25) is 0 Å². The van der Waals surface area contributed by atoms with Crippen molar-refractivity contribution in [2.75, 3.05) is 19.3 Å². The lowest BCUT2D eigenvalue weighted by molar-refractivity contribution is 0.428. The fraction of sp³-hybridized carbons (Fsp3) is 1.00. The molecule has 1 saturated heterocycles. The van der Waals surface area contributed by atoms with Gasteiger partial charge in [-0.25, -0.2) is 12.7 Å². The van der Waals surface area contributed by atoms with Crippen LogP contribution in [0.1, 0.15) is 19.3 Å². The Balaban J connectivity index is 2.58. The fourth-order valence-electron chi connectivity index (χ4n) is 1.36. The molecule has 1 aliphatic rings. The molecule has 1 rings (SSSR count). The lowest BCUT2D eigenvalue weighted by Gasteiger charge is -2.16. The van der Waals surface area contributed by atoms with Crippen LogP contribution in [0.4, 0.5) is 0 Å². The summed E-state index contributed by atoms with van der Waals surface area (Å²) in [4.78, 5) is 0.490. The minimum Gasteiger partial charge on any atom is -0.213 e. The Bertz CT molecular complexity index is 240. The van der Waals surface area contributed by atoms with Gasteiger partial charge in [-0.2, -0.15) is 0 Å². The standard InChI is InChI=1S/C7H14BrNO2S/c1-12(10,11)9-5-2-3-7(8)4-6-9/h7H,2-6H2,1H3. The van der Waals surface area contributed by atoms with Gasteiger partial charge in [0.05, 0.1) is 6.26 Å². The van der Waals surface area contributed by atoms with Crippen LogP contribution in [-0.4, -0.2) is 36.9 Å². The largest absolute Gasteiger partial charge is 0.213 e. The molecule has 0 aromatic carbocycles. The number of nitrogens with zero attached hydrogens (tertiary/aromatic N) is 1. The predicted octanol–water partition coefficient (Wildman–Crippen LogP) is 1.20. The Morgan fingerprint density at radius 1 is 1.33 bits per heavy atom. The van der Waals surface area contributed by atoms with E-state index in [-0.39, 0.29) is 0 Å². The van der Waals surface area contributed by atoms with Gasteiger partial charge in [0.1, 0.15) is 0 Å². The van der Waals surface area contributed by atoms with Gasteiger partial charge >= 0.3 is 0 Å². The summed E-state index contributed by atoms with van der Waals surface area (Å²) in [5, 5.41) is 0. The summed E-state index contributed by atoms with van der Waals surface area (Å²) in [5.41, 5.74) is 0. The first-order chi connectivity index (χ1) is 5.50. The number of rotatable bonds is 1. The third kappa shape index (κ3) is 3.03. The van der Waals surface area contributed by atoms with E-state index in [4.69, 9.17) is 0 Å². The molecule has 5 heteroatoms. The highest BCUT2D eigenvalue weighted by Crippen LogP contribution is 2.18. The molecule has 0 bridgehead atoms. The van der Waals surface area contributed by atoms with Crippen LogP contribution in [0.25, 0.3) is 0 Å². The predicted molar refractivity (Wildman–Crippen MR) is 53.0 cm³/mol. The molecule has 1 fully saturated rings. The average Bonchev–Trinajstić information content (AvgIpc) is 2.11. The van der Waals surface area contributed by atoms with Crippen LogP contribution in [0.3, 0.4) is 0 Å². The van der Waals surface area contributed by atoms with Gasteiger partial charge in [0, 0.05) is 17.9 Å². The van der Waals surface area contributed by atoms with Crippen molar-refractivity contribution in [3.8, 4) is 0 Å². The van der Waals surface area contributed by atoms with Gasteiger partial charge in [0.2, 0.25) is 10.0 Å². The Labute approximate surface area is 82.3 Å². The first-order valence-corrected chi connectivity index (χ1v) is 6.86. The van der Waals surface area contributed by atoms with Crippen LogP contribution in [0.15, 0.2) is 0 Å². The fourth-order valence-corrected chi connectivity index (χ4v) is 2.79. The molecule has 0 aromatic heterocycles. The van der Waals surface area contributed by atoms with Crippen LogP contribution in [-0.2, 0) is 10.0 Å². The van der Waals surface area contributed by atoms with E-state index in [9.17, 15) is 8.42 Å². The summed E-state index contributed by atoms with van der Waals surface area (Å²) < 4.78 is 23.9. The normalized spacial score (nSPS) is 28.3. The molecule has 12 heavy (non-hydrogen) atoms. The monoisotopic (exact) mass is 255 g/mol. The summed E-state index contributed by atoms with van der Waals surface area (Å²) in [7, 11) is -2.96. The molecule has 72 valence electrons. The number of sulfonamides is 1. The number of halogens is 1. The highest BCUT2D eigenvalue weighted by molar-refractivity contribution is 9.09. The molecule has 0 N–H and O–H groups in total. The van der Waals surface area contributed by atoms with Crippen molar-refractivity contribution in [3.63, 3.8) is 0 Å². The summed E-state index contributed by atoms with van der Waals surface area (Å²) in [6.45, 7) is 1.34. The van der Waals surface area contributed by atoms with Crippen molar-refractivity contribution in [3.05, 3.63) is 0 Å². The molecule has 0 amide bonds. The second kappa shape index (κ2) is 4.07. The SMILES string of the molecule is CS(=O)(=O)N1CCCC(Br)CC1. The quantitative estimate of drug-likeness (QED) is 0.661. The molecule has 0 spiro atoms. The van der Waals surface area contributed by atoms with Crippen LogP contribution in [0, 0.1) is 0 Å². The Hall–Kier alpha value is 0.390.